The molecule has 0 aliphatic heterocycles. The third-order valence-electron chi connectivity index (χ3n) is 1.55. The zero-order chi connectivity index (χ0) is 8.81. The number of nitrogens with one attached hydrogen (secondary N) is 1. The molecule has 0 fully saturated rings. The van der Waals surface area contributed by atoms with E-state index in [2.05, 4.69) is 11.2 Å². The maximum atomic E-state index is 10.0. The first kappa shape index (κ1) is 8.35. The summed E-state index contributed by atoms with van der Waals surface area (Å²) in [6.07, 6.45) is 5.92. The predicted molar refractivity (Wildman–Crippen MR) is 47.3 cm³/mol. The van der Waals surface area contributed by atoms with E-state index in [0.29, 0.717) is 13.0 Å². The van der Waals surface area contributed by atoms with Crippen molar-refractivity contribution in [3.8, 4) is 12.3 Å². The maximum Gasteiger partial charge on any atom is 0.207 e. The zero-order valence-electron chi connectivity index (χ0n) is 6.58. The Labute approximate surface area is 71.6 Å². The first-order chi connectivity index (χ1) is 5.88. The first-order valence-corrected chi connectivity index (χ1v) is 3.60. The van der Waals surface area contributed by atoms with Crippen molar-refractivity contribution >= 4 is 6.41 Å². The van der Waals surface area contributed by atoms with Crippen molar-refractivity contribution in [2.45, 2.75) is 6.54 Å². The van der Waals surface area contributed by atoms with Crippen molar-refractivity contribution in [3.05, 3.63) is 35.4 Å². The fraction of sp³-hybridized carbons (Fsp3) is 0.100. The Morgan fingerprint density at radius 1 is 1.50 bits per heavy atom. The number of hydrogen-bond donors (Lipinski definition) is 1. The Balaban J connectivity index is 2.83. The third kappa shape index (κ3) is 1.86. The molecule has 2 heteroatoms. The van der Waals surface area contributed by atoms with Crippen molar-refractivity contribution < 1.29 is 4.79 Å². The van der Waals surface area contributed by atoms with Gasteiger partial charge in [0.05, 0.1) is 0 Å². The fourth-order valence-electron chi connectivity index (χ4n) is 0.967. The first-order valence-electron chi connectivity index (χ1n) is 3.60. The number of amides is 1. The minimum atomic E-state index is 0.490. The van der Waals surface area contributed by atoms with Gasteiger partial charge in [0.2, 0.25) is 6.41 Å². The minimum Gasteiger partial charge on any atom is -0.355 e. The molecule has 2 nitrogen and oxygen atoms in total. The van der Waals surface area contributed by atoms with Gasteiger partial charge in [-0.15, -0.1) is 6.42 Å². The number of carbonyl (C=O) groups is 1. The molecule has 1 rings (SSSR count). The van der Waals surface area contributed by atoms with Gasteiger partial charge in [0.25, 0.3) is 0 Å². The largest absolute Gasteiger partial charge is 0.355 e. The van der Waals surface area contributed by atoms with E-state index in [-0.39, 0.29) is 0 Å². The Hall–Kier alpha value is -1.75. The van der Waals surface area contributed by atoms with E-state index >= 15 is 0 Å². The van der Waals surface area contributed by atoms with E-state index in [1.165, 1.54) is 0 Å². The Morgan fingerprint density at radius 2 is 2.25 bits per heavy atom. The lowest BCUT2D eigenvalue weighted by Crippen LogP contribution is -2.10. The normalized spacial score (nSPS) is 8.58. The summed E-state index contributed by atoms with van der Waals surface area (Å²) in [6, 6.07) is 7.51. The van der Waals surface area contributed by atoms with Crippen molar-refractivity contribution in [1.29, 1.82) is 0 Å². The SMILES string of the molecule is C#Cc1ccccc1CNC=O. The fourth-order valence-corrected chi connectivity index (χ4v) is 0.967. The monoisotopic (exact) mass is 159 g/mol. The molecule has 1 amide bonds. The maximum absolute atomic E-state index is 10.0. The van der Waals surface area contributed by atoms with Crippen molar-refractivity contribution in [2.75, 3.05) is 0 Å². The molecule has 0 bridgehead atoms. The number of rotatable bonds is 3. The van der Waals surface area contributed by atoms with Crippen LogP contribution in [0.3, 0.4) is 0 Å². The van der Waals surface area contributed by atoms with E-state index in [0.717, 1.165) is 11.1 Å². The Bertz CT molecular complexity index is 312. The summed E-state index contributed by atoms with van der Waals surface area (Å²) in [4.78, 5) is 10.0. The number of carbonyl (C=O) groups excluding carboxylic acids is 1. The molecule has 0 spiro atoms. The van der Waals surface area contributed by atoms with E-state index in [4.69, 9.17) is 6.42 Å². The number of benzene rings is 1. The van der Waals surface area contributed by atoms with Gasteiger partial charge >= 0.3 is 0 Å². The van der Waals surface area contributed by atoms with Gasteiger partial charge in [-0.2, -0.15) is 0 Å². The molecule has 12 heavy (non-hydrogen) atoms. The summed E-state index contributed by atoms with van der Waals surface area (Å²) in [5.74, 6) is 2.55. The van der Waals surface area contributed by atoms with Gasteiger partial charge in [-0.3, -0.25) is 4.79 Å². The number of terminal acetylenes is 1. The van der Waals surface area contributed by atoms with Crippen LogP contribution in [0.2, 0.25) is 0 Å². The van der Waals surface area contributed by atoms with Gasteiger partial charge in [0.1, 0.15) is 0 Å². The average molecular weight is 159 g/mol. The summed E-state index contributed by atoms with van der Waals surface area (Å²) in [7, 11) is 0. The highest BCUT2D eigenvalue weighted by atomic mass is 16.1. The highest BCUT2D eigenvalue weighted by Gasteiger charge is 1.95. The molecule has 1 aromatic carbocycles. The van der Waals surface area contributed by atoms with E-state index < -0.39 is 0 Å². The number of hydrogen-bond acceptors (Lipinski definition) is 1. The van der Waals surface area contributed by atoms with Crippen LogP contribution in [0.25, 0.3) is 0 Å². The lowest BCUT2D eigenvalue weighted by atomic mass is 10.1. The van der Waals surface area contributed by atoms with Crippen LogP contribution < -0.4 is 5.32 Å². The minimum absolute atomic E-state index is 0.490. The average Bonchev–Trinajstić information content (AvgIpc) is 2.15. The quantitative estimate of drug-likeness (QED) is 0.515. The van der Waals surface area contributed by atoms with E-state index in [9.17, 15) is 4.79 Å². The Morgan fingerprint density at radius 3 is 2.92 bits per heavy atom. The molecule has 0 unspecified atom stereocenters. The van der Waals surface area contributed by atoms with Gasteiger partial charge in [-0.25, -0.2) is 0 Å². The molecule has 0 radical (unpaired) electrons. The van der Waals surface area contributed by atoms with Gasteiger partial charge in [0.15, 0.2) is 0 Å². The summed E-state index contributed by atoms with van der Waals surface area (Å²) in [5, 5.41) is 2.56. The summed E-state index contributed by atoms with van der Waals surface area (Å²) in [5.41, 5.74) is 1.79. The van der Waals surface area contributed by atoms with Gasteiger partial charge < -0.3 is 5.32 Å². The van der Waals surface area contributed by atoms with Crippen LogP contribution in [0.15, 0.2) is 24.3 Å². The molecule has 0 aliphatic carbocycles. The van der Waals surface area contributed by atoms with Crippen LogP contribution >= 0.6 is 0 Å². The van der Waals surface area contributed by atoms with Crippen LogP contribution in [0.1, 0.15) is 11.1 Å². The second-order valence-corrected chi connectivity index (χ2v) is 2.30. The smallest absolute Gasteiger partial charge is 0.207 e. The van der Waals surface area contributed by atoms with Crippen LogP contribution in [-0.2, 0) is 11.3 Å². The molecular weight excluding hydrogens is 150 g/mol. The highest BCUT2D eigenvalue weighted by molar-refractivity contribution is 5.48. The van der Waals surface area contributed by atoms with Crippen molar-refractivity contribution in [2.24, 2.45) is 0 Å². The molecule has 0 aromatic heterocycles. The van der Waals surface area contributed by atoms with E-state index in [1.807, 2.05) is 24.3 Å². The molecule has 1 N–H and O–H groups in total. The molecule has 0 saturated heterocycles. The zero-order valence-corrected chi connectivity index (χ0v) is 6.58. The van der Waals surface area contributed by atoms with E-state index in [1.54, 1.807) is 0 Å². The molecular formula is C10H9NO. The van der Waals surface area contributed by atoms with Crippen LogP contribution in [0, 0.1) is 12.3 Å². The van der Waals surface area contributed by atoms with Crippen LogP contribution in [-0.4, -0.2) is 6.41 Å². The summed E-state index contributed by atoms with van der Waals surface area (Å²) < 4.78 is 0. The third-order valence-corrected chi connectivity index (χ3v) is 1.55. The molecule has 0 aliphatic rings. The van der Waals surface area contributed by atoms with Gasteiger partial charge in [-0.05, 0) is 11.6 Å². The van der Waals surface area contributed by atoms with Gasteiger partial charge in [-0.1, -0.05) is 24.1 Å². The topological polar surface area (TPSA) is 29.1 Å². The lowest BCUT2D eigenvalue weighted by Gasteiger charge is -2.01. The van der Waals surface area contributed by atoms with Crippen molar-refractivity contribution in [3.63, 3.8) is 0 Å². The molecule has 1 aromatic rings. The van der Waals surface area contributed by atoms with Crippen molar-refractivity contribution in [1.82, 2.24) is 5.32 Å². The Kier molecular flexibility index (Phi) is 2.92. The van der Waals surface area contributed by atoms with Gasteiger partial charge in [0, 0.05) is 12.1 Å². The molecule has 60 valence electrons. The second-order valence-electron chi connectivity index (χ2n) is 2.30. The highest BCUT2D eigenvalue weighted by Crippen LogP contribution is 2.05. The summed E-state index contributed by atoms with van der Waals surface area (Å²) >= 11 is 0. The summed E-state index contributed by atoms with van der Waals surface area (Å²) in [6.45, 7) is 0.490. The van der Waals surface area contributed by atoms with Crippen LogP contribution in [0.5, 0.6) is 0 Å². The van der Waals surface area contributed by atoms with Crippen LogP contribution in [0.4, 0.5) is 0 Å². The standard InChI is InChI=1S/C10H9NO/c1-2-9-5-3-4-6-10(9)7-11-8-12/h1,3-6,8H,7H2,(H,11,12). The molecule has 0 heterocycles. The second kappa shape index (κ2) is 4.20. The molecule has 0 saturated carbocycles. The predicted octanol–water partition coefficient (Wildman–Crippen LogP) is 0.914. The lowest BCUT2D eigenvalue weighted by molar-refractivity contribution is -0.109. The molecule has 0 atom stereocenters.